The molecule has 1 aromatic heterocycles. The van der Waals surface area contributed by atoms with Crippen LogP contribution in [0, 0.1) is 0 Å². The largest absolute Gasteiger partial charge is 0.396 e. The third kappa shape index (κ3) is 3.16. The van der Waals surface area contributed by atoms with Crippen LogP contribution in [0.5, 0.6) is 0 Å². The number of anilines is 1. The third-order valence-electron chi connectivity index (χ3n) is 4.12. The number of nitrogens with zero attached hydrogens (tertiary/aromatic N) is 2. The fraction of sp³-hybridized carbons (Fsp3) is 0.444. The van der Waals surface area contributed by atoms with Gasteiger partial charge in [0, 0.05) is 28.9 Å². The Morgan fingerprint density at radius 3 is 2.78 bits per heavy atom. The molecular formula is C18H22N2O2S. The second-order valence-electron chi connectivity index (χ2n) is 7.01. The molecule has 0 spiro atoms. The lowest BCUT2D eigenvalue weighted by Crippen LogP contribution is -2.31. The van der Waals surface area contributed by atoms with E-state index >= 15 is 0 Å². The van der Waals surface area contributed by atoms with Gasteiger partial charge in [0.2, 0.25) is 5.91 Å². The number of carbonyl (C=O) groups is 1. The fourth-order valence-electron chi connectivity index (χ4n) is 2.87. The van der Waals surface area contributed by atoms with Gasteiger partial charge in [0.15, 0.2) is 0 Å². The molecule has 1 N–H and O–H groups in total. The topological polar surface area (TPSA) is 53.4 Å². The molecule has 0 bridgehead atoms. The molecule has 2 heterocycles. The van der Waals surface area contributed by atoms with Crippen LogP contribution in [0.1, 0.15) is 43.0 Å². The highest BCUT2D eigenvalue weighted by molar-refractivity contribution is 7.09. The highest BCUT2D eigenvalue weighted by atomic mass is 32.1. The summed E-state index contributed by atoms with van der Waals surface area (Å²) in [7, 11) is 0. The highest BCUT2D eigenvalue weighted by Crippen LogP contribution is 2.36. The van der Waals surface area contributed by atoms with Crippen molar-refractivity contribution in [2.45, 2.75) is 38.5 Å². The van der Waals surface area contributed by atoms with E-state index in [2.05, 4.69) is 25.8 Å². The van der Waals surface area contributed by atoms with Crippen LogP contribution >= 0.6 is 11.3 Å². The second-order valence-corrected chi connectivity index (χ2v) is 7.87. The molecular weight excluding hydrogens is 308 g/mol. The quantitative estimate of drug-likeness (QED) is 0.941. The van der Waals surface area contributed by atoms with Crippen molar-refractivity contribution >= 4 is 22.9 Å². The van der Waals surface area contributed by atoms with E-state index in [0.717, 1.165) is 22.0 Å². The number of hydrogen-bond acceptors (Lipinski definition) is 4. The van der Waals surface area contributed by atoms with Crippen molar-refractivity contribution in [1.29, 1.82) is 0 Å². The minimum Gasteiger partial charge on any atom is -0.396 e. The molecule has 1 atom stereocenters. The van der Waals surface area contributed by atoms with Gasteiger partial charge in [-0.15, -0.1) is 11.3 Å². The van der Waals surface area contributed by atoms with E-state index in [9.17, 15) is 9.90 Å². The Hall–Kier alpha value is -1.72. The predicted octanol–water partition coefficient (Wildman–Crippen LogP) is 3.11. The van der Waals surface area contributed by atoms with E-state index in [0.29, 0.717) is 13.0 Å². The van der Waals surface area contributed by atoms with Gasteiger partial charge in [0.25, 0.3) is 0 Å². The zero-order valence-corrected chi connectivity index (χ0v) is 14.6. The van der Waals surface area contributed by atoms with Gasteiger partial charge >= 0.3 is 0 Å². The maximum absolute atomic E-state index is 12.7. The van der Waals surface area contributed by atoms with Gasteiger partial charge in [0.1, 0.15) is 0 Å². The number of amides is 1. The van der Waals surface area contributed by atoms with Gasteiger partial charge in [-0.05, 0) is 11.6 Å². The molecule has 5 heteroatoms. The minimum absolute atomic E-state index is 0.00813. The molecule has 0 saturated carbocycles. The molecule has 3 rings (SSSR count). The Bertz CT molecular complexity index is 718. The number of hydrogen-bond donors (Lipinski definition) is 1. The Labute approximate surface area is 140 Å². The summed E-state index contributed by atoms with van der Waals surface area (Å²) in [6.07, 6.45) is 0.305. The summed E-state index contributed by atoms with van der Waals surface area (Å²) in [4.78, 5) is 19.1. The van der Waals surface area contributed by atoms with Gasteiger partial charge in [-0.25, -0.2) is 4.98 Å². The van der Waals surface area contributed by atoms with E-state index in [1.807, 2.05) is 29.6 Å². The average molecular weight is 330 g/mol. The SMILES string of the molecule is CC(C)(C)c1nc(CC(=O)N2CC(CO)c3ccccc32)cs1. The number of benzene rings is 1. The monoisotopic (exact) mass is 330 g/mol. The Morgan fingerprint density at radius 2 is 2.13 bits per heavy atom. The average Bonchev–Trinajstić information content (AvgIpc) is 3.11. The molecule has 0 aliphatic carbocycles. The first-order chi connectivity index (χ1) is 10.9. The number of para-hydroxylation sites is 1. The van der Waals surface area contributed by atoms with Gasteiger partial charge in [-0.1, -0.05) is 39.0 Å². The van der Waals surface area contributed by atoms with E-state index < -0.39 is 0 Å². The molecule has 2 aromatic rings. The van der Waals surface area contributed by atoms with E-state index in [1.54, 1.807) is 16.2 Å². The van der Waals surface area contributed by atoms with E-state index in [1.165, 1.54) is 0 Å². The van der Waals surface area contributed by atoms with Crippen molar-refractivity contribution < 1.29 is 9.90 Å². The van der Waals surface area contributed by atoms with Crippen molar-refractivity contribution in [3.8, 4) is 0 Å². The highest BCUT2D eigenvalue weighted by Gasteiger charge is 2.31. The lowest BCUT2D eigenvalue weighted by molar-refractivity contribution is -0.118. The second kappa shape index (κ2) is 6.06. The number of thiazole rings is 1. The van der Waals surface area contributed by atoms with Crippen molar-refractivity contribution in [2.24, 2.45) is 0 Å². The zero-order valence-electron chi connectivity index (χ0n) is 13.7. The molecule has 23 heavy (non-hydrogen) atoms. The normalized spacial score (nSPS) is 17.4. The van der Waals surface area contributed by atoms with Crippen LogP contribution in [-0.4, -0.2) is 29.1 Å². The summed E-state index contributed by atoms with van der Waals surface area (Å²) in [6.45, 7) is 6.98. The lowest BCUT2D eigenvalue weighted by atomic mass is 9.98. The molecule has 1 aliphatic rings. The van der Waals surface area contributed by atoms with Crippen LogP contribution in [0.2, 0.25) is 0 Å². The number of fused-ring (bicyclic) bond motifs is 1. The van der Waals surface area contributed by atoms with Crippen molar-refractivity contribution in [1.82, 2.24) is 4.98 Å². The molecule has 0 fully saturated rings. The van der Waals surface area contributed by atoms with Crippen molar-refractivity contribution in [2.75, 3.05) is 18.1 Å². The summed E-state index contributed by atoms with van der Waals surface area (Å²) in [6, 6.07) is 7.82. The third-order valence-corrected chi connectivity index (χ3v) is 5.43. The van der Waals surface area contributed by atoms with Crippen LogP contribution in [0.4, 0.5) is 5.69 Å². The zero-order chi connectivity index (χ0) is 16.6. The molecule has 0 saturated heterocycles. The molecule has 0 radical (unpaired) electrons. The first-order valence-electron chi connectivity index (χ1n) is 7.85. The number of aliphatic hydroxyl groups is 1. The molecule has 1 aromatic carbocycles. The Morgan fingerprint density at radius 1 is 1.39 bits per heavy atom. The molecule has 1 amide bonds. The summed E-state index contributed by atoms with van der Waals surface area (Å²) < 4.78 is 0. The maximum atomic E-state index is 12.7. The first kappa shape index (κ1) is 16.1. The summed E-state index contributed by atoms with van der Waals surface area (Å²) in [5.41, 5.74) is 2.81. The maximum Gasteiger partial charge on any atom is 0.233 e. The van der Waals surface area contributed by atoms with Crippen molar-refractivity contribution in [3.05, 3.63) is 45.9 Å². The molecule has 122 valence electrons. The van der Waals surface area contributed by atoms with Crippen LogP contribution in [0.15, 0.2) is 29.6 Å². The van der Waals surface area contributed by atoms with E-state index in [-0.39, 0.29) is 23.8 Å². The number of carbonyl (C=O) groups excluding carboxylic acids is 1. The lowest BCUT2D eigenvalue weighted by Gasteiger charge is -2.17. The summed E-state index contributed by atoms with van der Waals surface area (Å²) >= 11 is 1.61. The van der Waals surface area contributed by atoms with Crippen LogP contribution in [0.25, 0.3) is 0 Å². The minimum atomic E-state index is 0.00813. The van der Waals surface area contributed by atoms with Gasteiger partial charge in [-0.3, -0.25) is 4.79 Å². The van der Waals surface area contributed by atoms with Gasteiger partial charge in [0.05, 0.1) is 23.7 Å². The molecule has 4 nitrogen and oxygen atoms in total. The number of aliphatic hydroxyl groups excluding tert-OH is 1. The van der Waals surface area contributed by atoms with E-state index in [4.69, 9.17) is 0 Å². The van der Waals surface area contributed by atoms with Crippen LogP contribution in [0.3, 0.4) is 0 Å². The Kier molecular flexibility index (Phi) is 4.25. The molecule has 1 aliphatic heterocycles. The fourth-order valence-corrected chi connectivity index (χ4v) is 3.78. The summed E-state index contributed by atoms with van der Waals surface area (Å²) in [5, 5.41) is 12.6. The van der Waals surface area contributed by atoms with Crippen molar-refractivity contribution in [3.63, 3.8) is 0 Å². The van der Waals surface area contributed by atoms with Gasteiger partial charge in [-0.2, -0.15) is 0 Å². The number of aromatic nitrogens is 1. The molecule has 1 unspecified atom stereocenters. The summed E-state index contributed by atoms with van der Waals surface area (Å²) in [5.74, 6) is 0.0508. The first-order valence-corrected chi connectivity index (χ1v) is 8.73. The van der Waals surface area contributed by atoms with Gasteiger partial charge < -0.3 is 10.0 Å². The number of rotatable bonds is 3. The Balaban J connectivity index is 1.78. The predicted molar refractivity (Wildman–Crippen MR) is 93.1 cm³/mol. The smallest absolute Gasteiger partial charge is 0.233 e. The standard InChI is InChI=1S/C18H22N2O2S/c1-18(2,3)17-19-13(11-23-17)8-16(22)20-9-12(10-21)14-6-4-5-7-15(14)20/h4-7,11-12,21H,8-10H2,1-3H3. The van der Waals surface area contributed by atoms with Crippen LogP contribution in [-0.2, 0) is 16.6 Å². The van der Waals surface area contributed by atoms with Crippen LogP contribution < -0.4 is 4.90 Å².